The fourth-order valence-corrected chi connectivity index (χ4v) is 1.85. The van der Waals surface area contributed by atoms with E-state index < -0.39 is 11.2 Å². The number of nitrogens with zero attached hydrogens (tertiary/aromatic N) is 2. The van der Waals surface area contributed by atoms with E-state index in [0.717, 1.165) is 22.1 Å². The molecule has 0 aliphatic carbocycles. The van der Waals surface area contributed by atoms with E-state index >= 15 is 0 Å². The van der Waals surface area contributed by atoms with E-state index in [1.807, 2.05) is 4.98 Å². The molecule has 0 saturated heterocycles. The maximum Gasteiger partial charge on any atom is 0.328 e. The van der Waals surface area contributed by atoms with Crippen LogP contribution in [-0.2, 0) is 6.54 Å². The number of hydrogen-bond acceptors (Lipinski definition) is 5. The third kappa shape index (κ3) is 2.24. The zero-order chi connectivity index (χ0) is 12.4. The molecule has 0 aliphatic heterocycles. The number of aromatic nitrogens is 3. The van der Waals surface area contributed by atoms with Gasteiger partial charge in [0.15, 0.2) is 0 Å². The summed E-state index contributed by atoms with van der Waals surface area (Å²) in [7, 11) is 0. The molecule has 0 radical (unpaired) electrons. The molecule has 2 aromatic heterocycles. The Balaban J connectivity index is 2.47. The van der Waals surface area contributed by atoms with E-state index in [9.17, 15) is 14.4 Å². The highest BCUT2D eigenvalue weighted by molar-refractivity contribution is 7.07. The van der Waals surface area contributed by atoms with E-state index in [2.05, 4.69) is 4.98 Å². The summed E-state index contributed by atoms with van der Waals surface area (Å²) in [4.78, 5) is 37.8. The van der Waals surface area contributed by atoms with Gasteiger partial charge < -0.3 is 4.98 Å². The number of nitrogens with one attached hydrogen (secondary N) is 2. The molecule has 0 saturated carbocycles. The fraction of sp³-hybridized carbons (Fsp3) is 0.111. The number of aromatic amines is 2. The minimum Gasteiger partial charge on any atom is -0.315 e. The largest absolute Gasteiger partial charge is 0.328 e. The lowest BCUT2D eigenvalue weighted by Gasteiger charge is -2.02. The van der Waals surface area contributed by atoms with Gasteiger partial charge in [0.1, 0.15) is 11.6 Å². The summed E-state index contributed by atoms with van der Waals surface area (Å²) in [6, 6.07) is 1.68. The third-order valence-electron chi connectivity index (χ3n) is 2.04. The fourth-order valence-electron chi connectivity index (χ4n) is 1.28. The van der Waals surface area contributed by atoms with Crippen molar-refractivity contribution in [2.24, 2.45) is 0 Å². The summed E-state index contributed by atoms with van der Waals surface area (Å²) in [5, 5.41) is 10.2. The third-order valence-corrected chi connectivity index (χ3v) is 2.76. The van der Waals surface area contributed by atoms with Gasteiger partial charge in [-0.1, -0.05) is 11.3 Å². The van der Waals surface area contributed by atoms with Gasteiger partial charge in [-0.05, 0) is 0 Å². The molecular weight excluding hydrogens is 244 g/mol. The molecule has 0 aliphatic rings. The summed E-state index contributed by atoms with van der Waals surface area (Å²) < 4.78 is 1.15. The van der Waals surface area contributed by atoms with Crippen LogP contribution in [0.15, 0.2) is 26.0 Å². The molecule has 2 aromatic rings. The van der Waals surface area contributed by atoms with Crippen LogP contribution in [0.3, 0.4) is 0 Å². The molecule has 7 nitrogen and oxygen atoms in total. The van der Waals surface area contributed by atoms with Crippen LogP contribution in [0.2, 0.25) is 0 Å². The van der Waals surface area contributed by atoms with Crippen molar-refractivity contribution in [3.8, 4) is 6.07 Å². The van der Waals surface area contributed by atoms with Crippen LogP contribution in [0.25, 0.3) is 0 Å². The first-order valence-corrected chi connectivity index (χ1v) is 5.38. The zero-order valence-electron chi connectivity index (χ0n) is 8.39. The van der Waals surface area contributed by atoms with Crippen LogP contribution >= 0.6 is 11.3 Å². The molecule has 0 unspecified atom stereocenters. The molecule has 0 spiro atoms. The maximum absolute atomic E-state index is 11.4. The first-order chi connectivity index (χ1) is 8.10. The topological polar surface area (TPSA) is 112 Å². The van der Waals surface area contributed by atoms with Gasteiger partial charge in [-0.3, -0.25) is 19.1 Å². The van der Waals surface area contributed by atoms with Crippen LogP contribution in [0.4, 0.5) is 0 Å². The van der Waals surface area contributed by atoms with Crippen LogP contribution in [0.1, 0.15) is 11.3 Å². The molecule has 2 rings (SSSR count). The molecule has 2 N–H and O–H groups in total. The van der Waals surface area contributed by atoms with Crippen molar-refractivity contribution < 1.29 is 0 Å². The van der Waals surface area contributed by atoms with Crippen molar-refractivity contribution in [2.45, 2.75) is 6.54 Å². The number of H-pyrrole nitrogens is 2. The summed E-state index contributed by atoms with van der Waals surface area (Å²) in [6.07, 6.45) is 1.16. The Morgan fingerprint density at radius 2 is 2.12 bits per heavy atom. The molecule has 0 atom stereocenters. The van der Waals surface area contributed by atoms with E-state index in [1.54, 1.807) is 11.4 Å². The molecule has 86 valence electrons. The second-order valence-corrected chi connectivity index (χ2v) is 4.06. The summed E-state index contributed by atoms with van der Waals surface area (Å²) >= 11 is 0.979. The zero-order valence-corrected chi connectivity index (χ0v) is 9.21. The standard InChI is InChI=1S/C9H6N4O3S/c10-1-5-2-13(8(15)12-7(5)14)3-6-4-17-9(16)11-6/h2,4H,3H2,(H,11,16)(H,12,14,15). The van der Waals surface area contributed by atoms with Gasteiger partial charge in [-0.15, -0.1) is 0 Å². The minimum absolute atomic E-state index is 0.100. The van der Waals surface area contributed by atoms with Gasteiger partial charge in [0.25, 0.3) is 5.56 Å². The minimum atomic E-state index is -0.715. The van der Waals surface area contributed by atoms with E-state index in [0.29, 0.717) is 5.69 Å². The van der Waals surface area contributed by atoms with Gasteiger partial charge >= 0.3 is 10.6 Å². The predicted molar refractivity (Wildman–Crippen MR) is 60.1 cm³/mol. The molecule has 2 heterocycles. The monoisotopic (exact) mass is 250 g/mol. The average molecular weight is 250 g/mol. The lowest BCUT2D eigenvalue weighted by Crippen LogP contribution is -2.31. The highest BCUT2D eigenvalue weighted by Gasteiger charge is 2.05. The normalized spacial score (nSPS) is 10.1. The number of nitriles is 1. The van der Waals surface area contributed by atoms with Crippen molar-refractivity contribution in [1.82, 2.24) is 14.5 Å². The Morgan fingerprint density at radius 1 is 1.35 bits per heavy atom. The Kier molecular flexibility index (Phi) is 2.76. The molecular formula is C9H6N4O3S. The lowest BCUT2D eigenvalue weighted by molar-refractivity contribution is 0.705. The number of thiazole rings is 1. The molecule has 0 fully saturated rings. The number of rotatable bonds is 2. The molecule has 0 amide bonds. The van der Waals surface area contributed by atoms with Crippen LogP contribution in [-0.4, -0.2) is 14.5 Å². The van der Waals surface area contributed by atoms with Crippen LogP contribution in [0, 0.1) is 11.3 Å². The molecule has 8 heteroatoms. The summed E-state index contributed by atoms with van der Waals surface area (Å²) in [5.74, 6) is 0. The van der Waals surface area contributed by atoms with Gasteiger partial charge in [0, 0.05) is 17.3 Å². The van der Waals surface area contributed by atoms with Crippen molar-refractivity contribution >= 4 is 11.3 Å². The van der Waals surface area contributed by atoms with Gasteiger partial charge in [-0.2, -0.15) is 5.26 Å². The van der Waals surface area contributed by atoms with Crippen molar-refractivity contribution in [3.05, 3.63) is 53.3 Å². The Morgan fingerprint density at radius 3 is 2.71 bits per heavy atom. The lowest BCUT2D eigenvalue weighted by atomic mass is 10.3. The van der Waals surface area contributed by atoms with E-state index in [-0.39, 0.29) is 17.0 Å². The van der Waals surface area contributed by atoms with Gasteiger partial charge in [0.2, 0.25) is 0 Å². The van der Waals surface area contributed by atoms with Gasteiger partial charge in [0.05, 0.1) is 6.54 Å². The molecule has 17 heavy (non-hydrogen) atoms. The average Bonchev–Trinajstić information content (AvgIpc) is 2.68. The maximum atomic E-state index is 11.4. The highest BCUT2D eigenvalue weighted by Crippen LogP contribution is 1.97. The quantitative estimate of drug-likeness (QED) is 0.727. The Labute approximate surface area is 97.6 Å². The van der Waals surface area contributed by atoms with Crippen LogP contribution < -0.4 is 16.1 Å². The predicted octanol–water partition coefficient (Wildman–Crippen LogP) is -0.794. The van der Waals surface area contributed by atoms with E-state index in [4.69, 9.17) is 5.26 Å². The van der Waals surface area contributed by atoms with Crippen molar-refractivity contribution in [2.75, 3.05) is 0 Å². The Bertz CT molecular complexity index is 758. The number of hydrogen-bond donors (Lipinski definition) is 2. The highest BCUT2D eigenvalue weighted by atomic mass is 32.1. The second kappa shape index (κ2) is 4.23. The summed E-state index contributed by atoms with van der Waals surface area (Å²) in [5.41, 5.74) is -0.950. The molecule has 0 aromatic carbocycles. The second-order valence-electron chi connectivity index (χ2n) is 3.22. The van der Waals surface area contributed by atoms with Gasteiger partial charge in [-0.25, -0.2) is 4.79 Å². The van der Waals surface area contributed by atoms with E-state index in [1.165, 1.54) is 0 Å². The summed E-state index contributed by atoms with van der Waals surface area (Å²) in [6.45, 7) is 0.100. The van der Waals surface area contributed by atoms with Crippen molar-refractivity contribution in [3.63, 3.8) is 0 Å². The smallest absolute Gasteiger partial charge is 0.315 e. The van der Waals surface area contributed by atoms with Crippen molar-refractivity contribution in [1.29, 1.82) is 5.26 Å². The SMILES string of the molecule is N#Cc1cn(Cc2csc(=O)[nH]2)c(=O)[nH]c1=O. The molecule has 0 bridgehead atoms. The Hall–Kier alpha value is -2.40. The first-order valence-electron chi connectivity index (χ1n) is 4.50. The first kappa shape index (κ1) is 11.1. The van der Waals surface area contributed by atoms with Crippen LogP contribution in [0.5, 0.6) is 0 Å².